The van der Waals surface area contributed by atoms with E-state index in [2.05, 4.69) is 165 Å². The molecule has 240 valence electrons. The molecular formula is C46H25N5S. The maximum absolute atomic E-state index is 5.69. The SMILES string of the molecule is c1ccc2c(c1)sc1nc(-n3c4ccccc4c4ccccc43)nc(-n3c4ccccc4c4cc5c6ccccc6n6c7ccccc7c(c43)c56)c12. The fraction of sp³-hybridized carbons (Fsp3) is 0. The molecule has 0 N–H and O–H groups in total. The second-order valence-electron chi connectivity index (χ2n) is 13.8. The molecule has 0 bridgehead atoms. The number of nitrogens with zero attached hydrogens (tertiary/aromatic N) is 5. The Balaban J connectivity index is 1.29. The van der Waals surface area contributed by atoms with Crippen LogP contribution in [-0.4, -0.2) is 23.5 Å². The summed E-state index contributed by atoms with van der Waals surface area (Å²) in [7, 11) is 0. The Kier molecular flexibility index (Phi) is 4.94. The van der Waals surface area contributed by atoms with Gasteiger partial charge in [-0.1, -0.05) is 109 Å². The minimum absolute atomic E-state index is 0.671. The molecule has 0 atom stereocenters. The first-order chi connectivity index (χ1) is 25.8. The first-order valence-corrected chi connectivity index (χ1v) is 18.4. The Hall–Kier alpha value is -6.76. The van der Waals surface area contributed by atoms with Gasteiger partial charge in [0.2, 0.25) is 5.95 Å². The summed E-state index contributed by atoms with van der Waals surface area (Å²) in [5, 5.41) is 12.1. The van der Waals surface area contributed by atoms with Crippen LogP contribution in [0.2, 0.25) is 0 Å². The molecule has 0 aliphatic carbocycles. The Labute approximate surface area is 299 Å². The summed E-state index contributed by atoms with van der Waals surface area (Å²) in [6.07, 6.45) is 0. The molecule has 6 heterocycles. The molecule has 7 aromatic carbocycles. The van der Waals surface area contributed by atoms with Crippen molar-refractivity contribution in [2.45, 2.75) is 0 Å². The molecule has 0 aliphatic heterocycles. The summed E-state index contributed by atoms with van der Waals surface area (Å²) in [6, 6.07) is 54.8. The second-order valence-corrected chi connectivity index (χ2v) is 14.8. The zero-order valence-electron chi connectivity index (χ0n) is 27.6. The van der Waals surface area contributed by atoms with Crippen LogP contribution in [0, 0.1) is 0 Å². The number of fused-ring (bicyclic) bond motifs is 16. The third-order valence-electron chi connectivity index (χ3n) is 11.2. The van der Waals surface area contributed by atoms with Crippen molar-refractivity contribution in [1.82, 2.24) is 23.5 Å². The lowest BCUT2D eigenvalue weighted by atomic mass is 10.0. The molecule has 0 unspecified atom stereocenters. The van der Waals surface area contributed by atoms with Crippen LogP contribution in [-0.2, 0) is 0 Å². The van der Waals surface area contributed by atoms with Gasteiger partial charge in [-0.25, -0.2) is 4.98 Å². The highest BCUT2D eigenvalue weighted by Crippen LogP contribution is 2.48. The highest BCUT2D eigenvalue weighted by Gasteiger charge is 2.27. The number of hydrogen-bond donors (Lipinski definition) is 0. The van der Waals surface area contributed by atoms with E-state index in [9.17, 15) is 0 Å². The van der Waals surface area contributed by atoms with Gasteiger partial charge in [-0.2, -0.15) is 4.98 Å². The largest absolute Gasteiger partial charge is 0.308 e. The molecule has 13 rings (SSSR count). The van der Waals surface area contributed by atoms with E-state index in [1.54, 1.807) is 11.3 Å². The van der Waals surface area contributed by atoms with E-state index in [1.807, 2.05) is 0 Å². The van der Waals surface area contributed by atoms with Gasteiger partial charge in [0.05, 0.1) is 44.0 Å². The van der Waals surface area contributed by atoms with Crippen LogP contribution in [0.3, 0.4) is 0 Å². The summed E-state index contributed by atoms with van der Waals surface area (Å²) in [6.45, 7) is 0. The zero-order chi connectivity index (χ0) is 33.7. The average molecular weight is 680 g/mol. The lowest BCUT2D eigenvalue weighted by Crippen LogP contribution is -2.06. The van der Waals surface area contributed by atoms with Crippen molar-refractivity contribution >= 4 is 113 Å². The third-order valence-corrected chi connectivity index (χ3v) is 12.3. The molecule has 0 saturated heterocycles. The van der Waals surface area contributed by atoms with E-state index in [1.165, 1.54) is 75.2 Å². The van der Waals surface area contributed by atoms with Crippen LogP contribution in [0.5, 0.6) is 0 Å². The van der Waals surface area contributed by atoms with Crippen molar-refractivity contribution < 1.29 is 0 Å². The average Bonchev–Trinajstić information content (AvgIpc) is 3.99. The molecule has 0 saturated carbocycles. The topological polar surface area (TPSA) is 40.0 Å². The van der Waals surface area contributed by atoms with E-state index in [-0.39, 0.29) is 0 Å². The van der Waals surface area contributed by atoms with Crippen molar-refractivity contribution in [2.75, 3.05) is 0 Å². The predicted octanol–water partition coefficient (Wildman–Crippen LogP) is 12.2. The molecule has 0 aliphatic rings. The van der Waals surface area contributed by atoms with Gasteiger partial charge in [-0.3, -0.25) is 9.13 Å². The van der Waals surface area contributed by atoms with Crippen LogP contribution in [0.1, 0.15) is 0 Å². The third kappa shape index (κ3) is 3.20. The van der Waals surface area contributed by atoms with E-state index in [0.29, 0.717) is 5.95 Å². The quantitative estimate of drug-likeness (QED) is 0.182. The fourth-order valence-corrected chi connectivity index (χ4v) is 10.2. The van der Waals surface area contributed by atoms with Crippen molar-refractivity contribution in [2.24, 2.45) is 0 Å². The highest BCUT2D eigenvalue weighted by atomic mass is 32.1. The monoisotopic (exact) mass is 679 g/mol. The summed E-state index contributed by atoms with van der Waals surface area (Å²) in [5.74, 6) is 1.57. The molecule has 6 aromatic heterocycles. The lowest BCUT2D eigenvalue weighted by Gasteiger charge is -2.13. The van der Waals surface area contributed by atoms with Crippen molar-refractivity contribution in [3.8, 4) is 11.8 Å². The van der Waals surface area contributed by atoms with Gasteiger partial charge in [0.1, 0.15) is 4.83 Å². The van der Waals surface area contributed by atoms with E-state index >= 15 is 0 Å². The molecule has 0 amide bonds. The maximum atomic E-state index is 5.69. The van der Waals surface area contributed by atoms with Crippen LogP contribution < -0.4 is 0 Å². The Bertz CT molecular complexity index is 3600. The number of benzene rings is 7. The number of aromatic nitrogens is 5. The van der Waals surface area contributed by atoms with E-state index < -0.39 is 0 Å². The number of thiophene rings is 1. The number of hydrogen-bond acceptors (Lipinski definition) is 3. The smallest absolute Gasteiger partial charge is 0.238 e. The summed E-state index contributed by atoms with van der Waals surface area (Å²) >= 11 is 1.74. The van der Waals surface area contributed by atoms with Gasteiger partial charge < -0.3 is 4.40 Å². The standard InChI is InChI=1S/C46H25N5S/c1-8-20-35-26(13-1)27-14-2-9-21-36(27)50(35)46-47-44(41-31-18-6-12-24-39(31)52-45(41)48-46)51-37-22-10-4-16-29(37)33-25-32-28-15-3-7-19-34(28)49-38-23-11-5-17-30(38)40(42(32)49)43(33)51/h1-25H. The van der Waals surface area contributed by atoms with E-state index in [4.69, 9.17) is 9.97 Å². The molecule has 52 heavy (non-hydrogen) atoms. The zero-order valence-corrected chi connectivity index (χ0v) is 28.4. The summed E-state index contributed by atoms with van der Waals surface area (Å²) in [4.78, 5) is 12.1. The van der Waals surface area contributed by atoms with Gasteiger partial charge in [0, 0.05) is 53.2 Å². The molecule has 0 spiro atoms. The van der Waals surface area contributed by atoms with Gasteiger partial charge >= 0.3 is 0 Å². The van der Waals surface area contributed by atoms with Gasteiger partial charge in [0.15, 0.2) is 5.82 Å². The van der Waals surface area contributed by atoms with Crippen LogP contribution >= 0.6 is 11.3 Å². The minimum atomic E-state index is 0.671. The molecular weight excluding hydrogens is 655 g/mol. The first kappa shape index (κ1) is 27.0. The lowest BCUT2D eigenvalue weighted by molar-refractivity contribution is 0.977. The van der Waals surface area contributed by atoms with Crippen molar-refractivity contribution in [3.05, 3.63) is 152 Å². The minimum Gasteiger partial charge on any atom is -0.308 e. The predicted molar refractivity (Wildman–Crippen MR) is 218 cm³/mol. The van der Waals surface area contributed by atoms with Crippen molar-refractivity contribution in [3.63, 3.8) is 0 Å². The van der Waals surface area contributed by atoms with Crippen LogP contribution in [0.25, 0.3) is 114 Å². The first-order valence-electron chi connectivity index (χ1n) is 17.6. The molecule has 0 fully saturated rings. The number of rotatable bonds is 2. The number of para-hydroxylation sites is 5. The Morgan fingerprint density at radius 3 is 1.54 bits per heavy atom. The molecule has 0 radical (unpaired) electrons. The maximum Gasteiger partial charge on any atom is 0.238 e. The van der Waals surface area contributed by atoms with Gasteiger partial charge in [-0.15, -0.1) is 11.3 Å². The normalized spacial score (nSPS) is 12.6. The fourth-order valence-electron chi connectivity index (χ4n) is 9.17. The van der Waals surface area contributed by atoms with Crippen LogP contribution in [0.4, 0.5) is 0 Å². The Morgan fingerprint density at radius 1 is 0.385 bits per heavy atom. The van der Waals surface area contributed by atoms with Crippen LogP contribution in [0.15, 0.2) is 152 Å². The van der Waals surface area contributed by atoms with Crippen molar-refractivity contribution in [1.29, 1.82) is 0 Å². The summed E-state index contributed by atoms with van der Waals surface area (Å²) in [5.41, 5.74) is 8.19. The second kappa shape index (κ2) is 9.51. The molecule has 5 nitrogen and oxygen atoms in total. The highest BCUT2D eigenvalue weighted by molar-refractivity contribution is 7.25. The van der Waals surface area contributed by atoms with Gasteiger partial charge in [0.25, 0.3) is 0 Å². The van der Waals surface area contributed by atoms with Gasteiger partial charge in [-0.05, 0) is 42.5 Å². The summed E-state index contributed by atoms with van der Waals surface area (Å²) < 4.78 is 8.36. The Morgan fingerprint density at radius 2 is 0.865 bits per heavy atom. The molecule has 13 aromatic rings. The molecule has 6 heteroatoms. The van der Waals surface area contributed by atoms with E-state index in [0.717, 1.165) is 32.6 Å².